The van der Waals surface area contributed by atoms with Crippen molar-refractivity contribution in [2.24, 2.45) is 0 Å². The molecule has 0 spiro atoms. The normalized spacial score (nSPS) is 10.2. The van der Waals surface area contributed by atoms with Crippen molar-refractivity contribution < 1.29 is 13.6 Å². The number of anilines is 1. The number of halogens is 3. The van der Waals surface area contributed by atoms with Crippen molar-refractivity contribution in [3.63, 3.8) is 0 Å². The molecule has 1 N–H and O–H groups in total. The smallest absolute Gasteiger partial charge is 0.262 e. The van der Waals surface area contributed by atoms with Gasteiger partial charge in [-0.2, -0.15) is 0 Å². The maximum absolute atomic E-state index is 13.3. The van der Waals surface area contributed by atoms with E-state index in [1.54, 1.807) is 0 Å². The molecule has 0 aliphatic heterocycles. The molecule has 0 atom stereocenters. The van der Waals surface area contributed by atoms with Crippen LogP contribution in [0.25, 0.3) is 0 Å². The van der Waals surface area contributed by atoms with Gasteiger partial charge in [-0.25, -0.2) is 13.8 Å². The lowest BCUT2D eigenvalue weighted by Gasteiger charge is -2.06. The second-order valence-electron chi connectivity index (χ2n) is 3.41. The average Bonchev–Trinajstić information content (AvgIpc) is 2.28. The summed E-state index contributed by atoms with van der Waals surface area (Å²) in [4.78, 5) is 15.5. The summed E-state index contributed by atoms with van der Waals surface area (Å²) in [5, 5.41) is 2.62. The number of carbonyl (C=O) groups is 1. The van der Waals surface area contributed by atoms with E-state index in [1.165, 1.54) is 24.4 Å². The first-order valence-electron chi connectivity index (χ1n) is 4.95. The highest BCUT2D eigenvalue weighted by Gasteiger charge is 2.17. The third-order valence-corrected chi connectivity index (χ3v) is 2.39. The van der Waals surface area contributed by atoms with Gasteiger partial charge in [-0.1, -0.05) is 17.7 Å². The highest BCUT2D eigenvalue weighted by Crippen LogP contribution is 2.16. The Hall–Kier alpha value is -2.01. The fraction of sp³-hybridized carbons (Fsp3) is 0. The Labute approximate surface area is 106 Å². The molecule has 0 fully saturated rings. The first-order chi connectivity index (χ1) is 8.58. The third-order valence-electron chi connectivity index (χ3n) is 2.15. The van der Waals surface area contributed by atoms with Gasteiger partial charge in [0.2, 0.25) is 0 Å². The lowest BCUT2D eigenvalue weighted by atomic mass is 10.2. The summed E-state index contributed by atoms with van der Waals surface area (Å²) in [6.45, 7) is 0. The number of rotatable bonds is 2. The van der Waals surface area contributed by atoms with E-state index < -0.39 is 23.1 Å². The number of nitrogens with one attached hydrogen (secondary N) is 1. The minimum Gasteiger partial charge on any atom is -0.306 e. The topological polar surface area (TPSA) is 42.0 Å². The fourth-order valence-corrected chi connectivity index (χ4v) is 1.53. The van der Waals surface area contributed by atoms with Gasteiger partial charge in [-0.05, 0) is 24.3 Å². The van der Waals surface area contributed by atoms with E-state index >= 15 is 0 Å². The zero-order valence-corrected chi connectivity index (χ0v) is 9.71. The predicted octanol–water partition coefficient (Wildman–Crippen LogP) is 3.27. The van der Waals surface area contributed by atoms with Gasteiger partial charge < -0.3 is 5.32 Å². The molecule has 1 amide bonds. The highest BCUT2D eigenvalue weighted by molar-refractivity contribution is 6.30. The quantitative estimate of drug-likeness (QED) is 0.908. The minimum absolute atomic E-state index is 0.121. The van der Waals surface area contributed by atoms with Gasteiger partial charge in [0.25, 0.3) is 5.91 Å². The van der Waals surface area contributed by atoms with Crippen LogP contribution in [0.4, 0.5) is 14.6 Å². The molecule has 18 heavy (non-hydrogen) atoms. The van der Waals surface area contributed by atoms with E-state index in [-0.39, 0.29) is 5.82 Å². The van der Waals surface area contributed by atoms with Crippen molar-refractivity contribution in [2.45, 2.75) is 0 Å². The van der Waals surface area contributed by atoms with Gasteiger partial charge in [-0.3, -0.25) is 4.79 Å². The third kappa shape index (κ3) is 2.62. The maximum atomic E-state index is 13.3. The maximum Gasteiger partial charge on any atom is 0.262 e. The number of pyridine rings is 1. The second kappa shape index (κ2) is 5.10. The van der Waals surface area contributed by atoms with Crippen LogP contribution in [0.5, 0.6) is 0 Å². The van der Waals surface area contributed by atoms with Gasteiger partial charge in [0.05, 0.1) is 0 Å². The van der Waals surface area contributed by atoms with Gasteiger partial charge in [0, 0.05) is 11.2 Å². The summed E-state index contributed by atoms with van der Waals surface area (Å²) in [7, 11) is 0. The first-order valence-corrected chi connectivity index (χ1v) is 5.32. The van der Waals surface area contributed by atoms with E-state index in [4.69, 9.17) is 11.6 Å². The molecule has 0 bridgehead atoms. The van der Waals surface area contributed by atoms with Crippen LogP contribution in [-0.4, -0.2) is 10.9 Å². The van der Waals surface area contributed by atoms with Crippen LogP contribution in [0.3, 0.4) is 0 Å². The zero-order chi connectivity index (χ0) is 13.1. The van der Waals surface area contributed by atoms with Gasteiger partial charge in [0.15, 0.2) is 0 Å². The molecule has 6 heteroatoms. The molecule has 92 valence electrons. The Kier molecular flexibility index (Phi) is 3.53. The summed E-state index contributed by atoms with van der Waals surface area (Å²) in [5.41, 5.74) is -0.653. The molecular formula is C12H7ClF2N2O. The van der Waals surface area contributed by atoms with Crippen molar-refractivity contribution >= 4 is 23.3 Å². The van der Waals surface area contributed by atoms with Crippen LogP contribution in [0.15, 0.2) is 36.5 Å². The van der Waals surface area contributed by atoms with Crippen molar-refractivity contribution in [2.75, 3.05) is 5.32 Å². The molecule has 0 saturated heterocycles. The molecule has 0 aliphatic carbocycles. The SMILES string of the molecule is O=C(Nc1cc(Cl)ccn1)c1c(F)cccc1F. The highest BCUT2D eigenvalue weighted by atomic mass is 35.5. The number of amides is 1. The molecular weight excluding hydrogens is 262 g/mol. The van der Waals surface area contributed by atoms with Crippen LogP contribution < -0.4 is 5.32 Å². The zero-order valence-electron chi connectivity index (χ0n) is 8.95. The Morgan fingerprint density at radius 2 is 1.89 bits per heavy atom. The number of hydrogen-bond acceptors (Lipinski definition) is 2. The molecule has 0 saturated carbocycles. The molecule has 0 radical (unpaired) electrons. The summed E-state index contributed by atoms with van der Waals surface area (Å²) in [6.07, 6.45) is 1.37. The molecule has 1 heterocycles. The number of benzene rings is 1. The van der Waals surface area contributed by atoms with Crippen LogP contribution >= 0.6 is 11.6 Å². The standard InChI is InChI=1S/C12H7ClF2N2O/c13-7-4-5-16-10(6-7)17-12(18)11-8(14)2-1-3-9(11)15/h1-6H,(H,16,17,18). The van der Waals surface area contributed by atoms with E-state index in [0.29, 0.717) is 5.02 Å². The van der Waals surface area contributed by atoms with Crippen molar-refractivity contribution in [1.29, 1.82) is 0 Å². The summed E-state index contributed by atoms with van der Waals surface area (Å²) < 4.78 is 26.7. The average molecular weight is 269 g/mol. The minimum atomic E-state index is -0.936. The second-order valence-corrected chi connectivity index (χ2v) is 3.85. The fourth-order valence-electron chi connectivity index (χ4n) is 1.37. The van der Waals surface area contributed by atoms with Crippen molar-refractivity contribution in [1.82, 2.24) is 4.98 Å². The Balaban J connectivity index is 2.28. The Morgan fingerprint density at radius 3 is 2.50 bits per heavy atom. The van der Waals surface area contributed by atoms with Gasteiger partial charge >= 0.3 is 0 Å². The lowest BCUT2D eigenvalue weighted by Crippen LogP contribution is -2.16. The Bertz CT molecular complexity index is 584. The molecule has 2 aromatic rings. The summed E-state index contributed by atoms with van der Waals surface area (Å²) in [6, 6.07) is 6.07. The number of aromatic nitrogens is 1. The van der Waals surface area contributed by atoms with E-state index in [9.17, 15) is 13.6 Å². The number of nitrogens with zero attached hydrogens (tertiary/aromatic N) is 1. The Morgan fingerprint density at radius 1 is 1.22 bits per heavy atom. The van der Waals surface area contributed by atoms with Gasteiger partial charge in [0.1, 0.15) is 23.0 Å². The van der Waals surface area contributed by atoms with Crippen LogP contribution in [0, 0.1) is 11.6 Å². The monoisotopic (exact) mass is 268 g/mol. The van der Waals surface area contributed by atoms with Crippen LogP contribution in [-0.2, 0) is 0 Å². The summed E-state index contributed by atoms with van der Waals surface area (Å²) in [5.74, 6) is -2.67. The van der Waals surface area contributed by atoms with E-state index in [2.05, 4.69) is 10.3 Å². The predicted molar refractivity (Wildman–Crippen MR) is 63.6 cm³/mol. The molecule has 0 aliphatic rings. The number of hydrogen-bond donors (Lipinski definition) is 1. The molecule has 1 aromatic carbocycles. The first kappa shape index (κ1) is 12.4. The van der Waals surface area contributed by atoms with E-state index in [1.807, 2.05) is 0 Å². The van der Waals surface area contributed by atoms with Gasteiger partial charge in [-0.15, -0.1) is 0 Å². The van der Waals surface area contributed by atoms with E-state index in [0.717, 1.165) is 12.1 Å². The molecule has 1 aromatic heterocycles. The summed E-state index contributed by atoms with van der Waals surface area (Å²) >= 11 is 5.70. The largest absolute Gasteiger partial charge is 0.306 e. The van der Waals surface area contributed by atoms with Crippen LogP contribution in [0.1, 0.15) is 10.4 Å². The number of carbonyl (C=O) groups excluding carboxylic acids is 1. The molecule has 0 unspecified atom stereocenters. The molecule has 3 nitrogen and oxygen atoms in total. The molecule has 2 rings (SSSR count). The van der Waals surface area contributed by atoms with Crippen molar-refractivity contribution in [3.8, 4) is 0 Å². The van der Waals surface area contributed by atoms with Crippen molar-refractivity contribution in [3.05, 3.63) is 58.7 Å². The lowest BCUT2D eigenvalue weighted by molar-refractivity contribution is 0.101. The van der Waals surface area contributed by atoms with Crippen LogP contribution in [0.2, 0.25) is 5.02 Å².